The van der Waals surface area contributed by atoms with Crippen LogP contribution in [0.25, 0.3) is 16.0 Å². The highest BCUT2D eigenvalue weighted by molar-refractivity contribution is 6.32. The average Bonchev–Trinajstić information content (AvgIpc) is 3.87. The fraction of sp³-hybridized carbons (Fsp3) is 0.426. The molecule has 1 amide bonds. The molecule has 2 heterocycles. The van der Waals surface area contributed by atoms with Gasteiger partial charge in [0, 0.05) is 55.3 Å². The standard InChI is InChI=1S/C47H52ClN5O4/c1-30(2)42-12-7-18-53(42)19-8-20-55-43-13-6-9-37(31(43)3)38-10-5-11-40-39(38)15-16-44(40)57-46-25-45(56-29-33-21-32(26-49)22-36(23-33)50-4)34(24-41(46)48)27-51-35-14-17-47(54)52-28-35/h5-6,9-11,13,21-25,30,35,42,44,51H,7-8,12,14-20,27-29H2,1-3H3,(H,52,54)/t35-,42?,44-/m0/s1. The third kappa shape index (κ3) is 9.57. The van der Waals surface area contributed by atoms with Crippen LogP contribution < -0.4 is 24.8 Å². The summed E-state index contributed by atoms with van der Waals surface area (Å²) >= 11 is 6.97. The Kier molecular flexibility index (Phi) is 13.0. The molecule has 1 unspecified atom stereocenters. The number of carbonyl (C=O) groups excluding carboxylic acids is 1. The molecule has 9 nitrogen and oxygen atoms in total. The highest BCUT2D eigenvalue weighted by atomic mass is 35.5. The molecule has 4 aromatic rings. The summed E-state index contributed by atoms with van der Waals surface area (Å²) in [5, 5.41) is 16.5. The van der Waals surface area contributed by atoms with Gasteiger partial charge in [-0.05, 0) is 122 Å². The third-order valence-corrected chi connectivity index (χ3v) is 12.0. The number of hydrogen-bond acceptors (Lipinski definition) is 7. The second-order valence-electron chi connectivity index (χ2n) is 15.9. The number of amides is 1. The molecule has 2 N–H and O–H groups in total. The van der Waals surface area contributed by atoms with Gasteiger partial charge in [-0.2, -0.15) is 5.26 Å². The minimum atomic E-state index is -0.200. The van der Waals surface area contributed by atoms with E-state index < -0.39 is 0 Å². The number of halogens is 1. The average molecular weight is 786 g/mol. The maximum absolute atomic E-state index is 11.7. The second-order valence-corrected chi connectivity index (χ2v) is 16.3. The number of hydrogen-bond donors (Lipinski definition) is 2. The van der Waals surface area contributed by atoms with Gasteiger partial charge in [0.25, 0.3) is 0 Å². The van der Waals surface area contributed by atoms with E-state index >= 15 is 0 Å². The lowest BCUT2D eigenvalue weighted by Gasteiger charge is -2.27. The molecule has 2 saturated heterocycles. The lowest BCUT2D eigenvalue weighted by molar-refractivity contribution is -0.122. The van der Waals surface area contributed by atoms with Crippen molar-refractivity contribution in [3.8, 4) is 34.4 Å². The van der Waals surface area contributed by atoms with Gasteiger partial charge in [-0.15, -0.1) is 0 Å². The number of fused-ring (bicyclic) bond motifs is 1. The first-order valence-electron chi connectivity index (χ1n) is 20.3. The van der Waals surface area contributed by atoms with Gasteiger partial charge >= 0.3 is 0 Å². The van der Waals surface area contributed by atoms with Crippen molar-refractivity contribution >= 4 is 23.2 Å². The molecule has 7 rings (SSSR count). The zero-order valence-corrected chi connectivity index (χ0v) is 34.0. The summed E-state index contributed by atoms with van der Waals surface area (Å²) in [7, 11) is 0. The van der Waals surface area contributed by atoms with E-state index in [1.165, 1.54) is 36.1 Å². The van der Waals surface area contributed by atoms with Gasteiger partial charge in [-0.1, -0.05) is 55.8 Å². The zero-order valence-electron chi connectivity index (χ0n) is 33.2. The van der Waals surface area contributed by atoms with Gasteiger partial charge in [-0.25, -0.2) is 4.85 Å². The number of rotatable bonds is 15. The molecule has 57 heavy (non-hydrogen) atoms. The summed E-state index contributed by atoms with van der Waals surface area (Å²) in [6.07, 6.45) is 6.30. The van der Waals surface area contributed by atoms with Crippen molar-refractivity contribution in [2.75, 3.05) is 26.2 Å². The molecule has 2 aliphatic heterocycles. The topological polar surface area (TPSA) is 100 Å². The first-order chi connectivity index (χ1) is 27.7. The number of ether oxygens (including phenoxy) is 3. The van der Waals surface area contributed by atoms with Crippen molar-refractivity contribution < 1.29 is 19.0 Å². The highest BCUT2D eigenvalue weighted by Crippen LogP contribution is 2.44. The van der Waals surface area contributed by atoms with E-state index in [0.717, 1.165) is 60.2 Å². The van der Waals surface area contributed by atoms with Gasteiger partial charge in [0.15, 0.2) is 5.69 Å². The summed E-state index contributed by atoms with van der Waals surface area (Å²) in [6, 6.07) is 24.5. The van der Waals surface area contributed by atoms with Crippen LogP contribution in [-0.2, 0) is 24.4 Å². The number of benzene rings is 4. The molecule has 0 radical (unpaired) electrons. The predicted octanol–water partition coefficient (Wildman–Crippen LogP) is 9.64. The molecule has 0 saturated carbocycles. The Morgan fingerprint density at radius 2 is 1.86 bits per heavy atom. The Hall–Kier alpha value is -5.06. The Balaban J connectivity index is 1.08. The van der Waals surface area contributed by atoms with E-state index in [9.17, 15) is 10.1 Å². The smallest absolute Gasteiger partial charge is 0.220 e. The van der Waals surface area contributed by atoms with Crippen molar-refractivity contribution in [2.24, 2.45) is 5.92 Å². The number of nitriles is 1. The van der Waals surface area contributed by atoms with Crippen LogP contribution in [0.5, 0.6) is 17.2 Å². The molecule has 0 aromatic heterocycles. The zero-order chi connectivity index (χ0) is 39.9. The van der Waals surface area contributed by atoms with E-state index in [1.807, 2.05) is 12.1 Å². The number of nitrogens with one attached hydrogen (secondary N) is 2. The van der Waals surface area contributed by atoms with Crippen LogP contribution in [0.1, 0.15) is 91.9 Å². The first kappa shape index (κ1) is 40.1. The summed E-state index contributed by atoms with van der Waals surface area (Å²) in [4.78, 5) is 17.9. The van der Waals surface area contributed by atoms with E-state index in [1.54, 1.807) is 18.2 Å². The molecule has 3 atom stereocenters. The fourth-order valence-electron chi connectivity index (χ4n) is 8.69. The Bertz CT molecular complexity index is 2130. The number of nitrogens with zero attached hydrogens (tertiary/aromatic N) is 3. The van der Waals surface area contributed by atoms with Crippen molar-refractivity contribution in [3.05, 3.63) is 117 Å². The van der Waals surface area contributed by atoms with Crippen LogP contribution in [0.4, 0.5) is 5.69 Å². The third-order valence-electron chi connectivity index (χ3n) is 11.7. The minimum absolute atomic E-state index is 0.0664. The van der Waals surface area contributed by atoms with Crippen LogP contribution in [0.2, 0.25) is 5.02 Å². The molecule has 0 spiro atoms. The maximum Gasteiger partial charge on any atom is 0.220 e. The molecule has 10 heteroatoms. The van der Waals surface area contributed by atoms with Crippen LogP contribution in [-0.4, -0.2) is 49.1 Å². The van der Waals surface area contributed by atoms with E-state index in [2.05, 4.69) is 83.6 Å². The maximum atomic E-state index is 11.7. The monoisotopic (exact) mass is 785 g/mol. The first-order valence-corrected chi connectivity index (χ1v) is 20.7. The summed E-state index contributed by atoms with van der Waals surface area (Å²) in [5.41, 5.74) is 8.29. The van der Waals surface area contributed by atoms with Crippen LogP contribution >= 0.6 is 11.6 Å². The van der Waals surface area contributed by atoms with Crippen molar-refractivity contribution in [2.45, 2.75) is 97.1 Å². The highest BCUT2D eigenvalue weighted by Gasteiger charge is 2.29. The molecule has 1 aliphatic carbocycles. The van der Waals surface area contributed by atoms with E-state index in [-0.39, 0.29) is 24.7 Å². The summed E-state index contributed by atoms with van der Waals surface area (Å²) < 4.78 is 19.6. The predicted molar refractivity (Wildman–Crippen MR) is 224 cm³/mol. The van der Waals surface area contributed by atoms with Crippen LogP contribution in [0.15, 0.2) is 66.7 Å². The van der Waals surface area contributed by atoms with Crippen molar-refractivity contribution in [3.63, 3.8) is 0 Å². The van der Waals surface area contributed by atoms with Gasteiger partial charge in [0.05, 0.1) is 24.3 Å². The molecule has 4 aromatic carbocycles. The Morgan fingerprint density at radius 3 is 2.65 bits per heavy atom. The normalized spacial score (nSPS) is 19.1. The van der Waals surface area contributed by atoms with E-state index in [0.29, 0.717) is 65.8 Å². The minimum Gasteiger partial charge on any atom is -0.493 e. The largest absolute Gasteiger partial charge is 0.493 e. The molecule has 2 fully saturated rings. The van der Waals surface area contributed by atoms with Gasteiger partial charge in [0.1, 0.15) is 30.0 Å². The fourth-order valence-corrected chi connectivity index (χ4v) is 8.92. The van der Waals surface area contributed by atoms with Crippen LogP contribution in [0, 0.1) is 30.7 Å². The lowest BCUT2D eigenvalue weighted by atomic mass is 9.93. The van der Waals surface area contributed by atoms with Gasteiger partial charge in [-0.3, -0.25) is 4.79 Å². The quantitative estimate of drug-likeness (QED) is 0.0915. The number of likely N-dealkylation sites (tertiary alicyclic amines) is 1. The molecular weight excluding hydrogens is 734 g/mol. The second kappa shape index (κ2) is 18.5. The van der Waals surface area contributed by atoms with Crippen molar-refractivity contribution in [1.29, 1.82) is 5.26 Å². The summed E-state index contributed by atoms with van der Waals surface area (Å²) in [6.45, 7) is 18.4. The SMILES string of the molecule is [C-]#[N+]c1cc(C#N)cc(COc2cc(O[C@H]3CCc4c(-c5cccc(OCCCN6CCCC6C(C)C)c5C)cccc43)c(Cl)cc2CN[C@H]2CCC(=O)NC2)c1. The van der Waals surface area contributed by atoms with Gasteiger partial charge in [0.2, 0.25) is 5.91 Å². The lowest BCUT2D eigenvalue weighted by Crippen LogP contribution is -2.45. The molecule has 296 valence electrons. The van der Waals surface area contributed by atoms with Crippen molar-refractivity contribution in [1.82, 2.24) is 15.5 Å². The Labute approximate surface area is 342 Å². The molecule has 3 aliphatic rings. The van der Waals surface area contributed by atoms with Crippen LogP contribution in [0.3, 0.4) is 0 Å². The van der Waals surface area contributed by atoms with E-state index in [4.69, 9.17) is 32.4 Å². The Morgan fingerprint density at radius 1 is 1.02 bits per heavy atom. The molecular formula is C47H52ClN5O4. The summed E-state index contributed by atoms with van der Waals surface area (Å²) in [5.74, 6) is 2.80. The number of piperidine rings is 1. The molecule has 0 bridgehead atoms. The van der Waals surface area contributed by atoms with Gasteiger partial charge < -0.3 is 29.7 Å². The number of carbonyl (C=O) groups is 1.